The van der Waals surface area contributed by atoms with Crippen LogP contribution < -0.4 is 10.4 Å². The average molecular weight is 397 g/mol. The van der Waals surface area contributed by atoms with Crippen molar-refractivity contribution in [1.82, 2.24) is 5.16 Å². The number of carbonyl (C=O) groups is 1. The number of ether oxygens (including phenoxy) is 2. The maximum atomic E-state index is 11.9. The van der Waals surface area contributed by atoms with Gasteiger partial charge in [0.2, 0.25) is 0 Å². The number of esters is 1. The number of benzene rings is 1. The van der Waals surface area contributed by atoms with Crippen molar-refractivity contribution in [1.29, 1.82) is 0 Å². The second-order valence-electron chi connectivity index (χ2n) is 6.02. The third kappa shape index (κ3) is 3.96. The van der Waals surface area contributed by atoms with Crippen molar-refractivity contribution in [2.75, 3.05) is 6.61 Å². The first kappa shape index (κ1) is 18.0. The minimum absolute atomic E-state index is 0.0111. The lowest BCUT2D eigenvalue weighted by Crippen LogP contribution is -2.14. The summed E-state index contributed by atoms with van der Waals surface area (Å²) in [5.41, 5.74) is 1.29. The SMILES string of the molecule is Cc1cc(=O)oc2cc(OCC(=O)OCc3cc(-c4cccs4)on3)ccc12. The summed E-state index contributed by atoms with van der Waals surface area (Å²) >= 11 is 1.53. The summed E-state index contributed by atoms with van der Waals surface area (Å²) in [7, 11) is 0. The molecule has 142 valence electrons. The lowest BCUT2D eigenvalue weighted by molar-refractivity contribution is -0.147. The molecule has 0 unspecified atom stereocenters. The molecule has 0 saturated heterocycles. The molecule has 0 aliphatic carbocycles. The predicted molar refractivity (Wildman–Crippen MR) is 102 cm³/mol. The minimum Gasteiger partial charge on any atom is -0.482 e. The number of rotatable bonds is 6. The van der Waals surface area contributed by atoms with Gasteiger partial charge in [-0.2, -0.15) is 0 Å². The number of carbonyl (C=O) groups excluding carboxylic acids is 1. The second-order valence-corrected chi connectivity index (χ2v) is 6.96. The molecule has 0 bridgehead atoms. The maximum Gasteiger partial charge on any atom is 0.344 e. The first-order valence-electron chi connectivity index (χ1n) is 8.41. The Balaban J connectivity index is 1.33. The van der Waals surface area contributed by atoms with Crippen molar-refractivity contribution < 1.29 is 23.2 Å². The van der Waals surface area contributed by atoms with Gasteiger partial charge < -0.3 is 18.4 Å². The zero-order chi connectivity index (χ0) is 19.5. The van der Waals surface area contributed by atoms with E-state index in [-0.39, 0.29) is 13.2 Å². The summed E-state index contributed by atoms with van der Waals surface area (Å²) in [6.07, 6.45) is 0. The first-order valence-corrected chi connectivity index (χ1v) is 9.29. The molecule has 8 heteroatoms. The van der Waals surface area contributed by atoms with Crippen LogP contribution in [0.5, 0.6) is 5.75 Å². The van der Waals surface area contributed by atoms with Gasteiger partial charge in [-0.3, -0.25) is 0 Å². The van der Waals surface area contributed by atoms with Gasteiger partial charge in [0.05, 0.1) is 4.88 Å². The molecule has 28 heavy (non-hydrogen) atoms. The molecule has 4 rings (SSSR count). The highest BCUT2D eigenvalue weighted by Gasteiger charge is 2.11. The van der Waals surface area contributed by atoms with E-state index in [1.54, 1.807) is 24.3 Å². The maximum absolute atomic E-state index is 11.9. The molecule has 1 aromatic carbocycles. The molecule has 0 atom stereocenters. The standard InChI is InChI=1S/C20H15NO6S/c1-12-7-19(22)26-16-9-14(4-5-15(12)16)24-11-20(23)25-10-13-8-17(27-21-13)18-3-2-6-28-18/h2-9H,10-11H2,1H3. The van der Waals surface area contributed by atoms with Crippen LogP contribution in [-0.4, -0.2) is 17.7 Å². The third-order valence-corrected chi connectivity index (χ3v) is 4.87. The zero-order valence-electron chi connectivity index (χ0n) is 14.8. The van der Waals surface area contributed by atoms with E-state index in [4.69, 9.17) is 18.4 Å². The molecule has 0 amide bonds. The van der Waals surface area contributed by atoms with E-state index in [0.29, 0.717) is 22.8 Å². The third-order valence-electron chi connectivity index (χ3n) is 3.98. The molecule has 0 radical (unpaired) electrons. The van der Waals surface area contributed by atoms with Gasteiger partial charge in [-0.1, -0.05) is 11.2 Å². The number of thiophene rings is 1. The molecule has 0 saturated carbocycles. The highest BCUT2D eigenvalue weighted by molar-refractivity contribution is 7.13. The second kappa shape index (κ2) is 7.69. The van der Waals surface area contributed by atoms with Crippen LogP contribution in [0.15, 0.2) is 61.6 Å². The largest absolute Gasteiger partial charge is 0.482 e. The molecule has 0 aliphatic rings. The summed E-state index contributed by atoms with van der Waals surface area (Å²) in [6, 6.07) is 12.0. The number of hydrogen-bond acceptors (Lipinski definition) is 8. The molecule has 0 fully saturated rings. The van der Waals surface area contributed by atoms with Crippen molar-refractivity contribution in [2.24, 2.45) is 0 Å². The Kier molecular flexibility index (Phi) is 4.94. The Morgan fingerprint density at radius 3 is 2.93 bits per heavy atom. The number of aromatic nitrogens is 1. The van der Waals surface area contributed by atoms with Gasteiger partial charge in [-0.05, 0) is 36.1 Å². The number of hydrogen-bond donors (Lipinski definition) is 0. The van der Waals surface area contributed by atoms with Crippen LogP contribution in [0.25, 0.3) is 21.6 Å². The molecule has 3 heterocycles. The monoisotopic (exact) mass is 397 g/mol. The molecule has 0 spiro atoms. The summed E-state index contributed by atoms with van der Waals surface area (Å²) in [5, 5.41) is 6.63. The highest BCUT2D eigenvalue weighted by atomic mass is 32.1. The normalized spacial score (nSPS) is 10.9. The van der Waals surface area contributed by atoms with Gasteiger partial charge in [-0.15, -0.1) is 11.3 Å². The summed E-state index contributed by atoms with van der Waals surface area (Å²) in [6.45, 7) is 1.53. The fourth-order valence-corrected chi connectivity index (χ4v) is 3.32. The predicted octanol–water partition coefficient (Wildman–Crippen LogP) is 3.94. The molecule has 7 nitrogen and oxygen atoms in total. The molecule has 3 aromatic heterocycles. The number of fused-ring (bicyclic) bond motifs is 1. The topological polar surface area (TPSA) is 91.8 Å². The molecular weight excluding hydrogens is 382 g/mol. The number of aryl methyl sites for hydroxylation is 1. The summed E-state index contributed by atoms with van der Waals surface area (Å²) in [4.78, 5) is 24.4. The van der Waals surface area contributed by atoms with Crippen LogP contribution >= 0.6 is 11.3 Å². The highest BCUT2D eigenvalue weighted by Crippen LogP contribution is 2.25. The van der Waals surface area contributed by atoms with Crippen LogP contribution in [0.4, 0.5) is 0 Å². The Morgan fingerprint density at radius 1 is 1.21 bits per heavy atom. The number of nitrogens with zero attached hydrogens (tertiary/aromatic N) is 1. The van der Waals surface area contributed by atoms with E-state index < -0.39 is 11.6 Å². The molecule has 0 N–H and O–H groups in total. The van der Waals surface area contributed by atoms with E-state index in [9.17, 15) is 9.59 Å². The van der Waals surface area contributed by atoms with Crippen molar-refractivity contribution >= 4 is 28.3 Å². The van der Waals surface area contributed by atoms with E-state index in [1.165, 1.54) is 17.4 Å². The van der Waals surface area contributed by atoms with Crippen LogP contribution in [0, 0.1) is 6.92 Å². The van der Waals surface area contributed by atoms with E-state index in [0.717, 1.165) is 15.8 Å². The molecule has 0 aliphatic heterocycles. The Hall–Kier alpha value is -3.39. The van der Waals surface area contributed by atoms with Crippen molar-refractivity contribution in [3.63, 3.8) is 0 Å². The summed E-state index contributed by atoms with van der Waals surface area (Å²) < 4.78 is 21.0. The summed E-state index contributed by atoms with van der Waals surface area (Å²) in [5.74, 6) is 0.483. The zero-order valence-corrected chi connectivity index (χ0v) is 15.7. The fraction of sp³-hybridized carbons (Fsp3) is 0.150. The van der Waals surface area contributed by atoms with Crippen molar-refractivity contribution in [3.05, 3.63) is 69.5 Å². The first-order chi connectivity index (χ1) is 13.6. The lowest BCUT2D eigenvalue weighted by atomic mass is 10.1. The van der Waals surface area contributed by atoms with Gasteiger partial charge >= 0.3 is 11.6 Å². The van der Waals surface area contributed by atoms with Gasteiger partial charge in [0.1, 0.15) is 23.6 Å². The van der Waals surface area contributed by atoms with E-state index in [1.807, 2.05) is 24.4 Å². The van der Waals surface area contributed by atoms with E-state index in [2.05, 4.69) is 5.16 Å². The minimum atomic E-state index is -0.550. The molecule has 4 aromatic rings. The van der Waals surface area contributed by atoms with Crippen LogP contribution in [-0.2, 0) is 16.1 Å². The fourth-order valence-electron chi connectivity index (χ4n) is 2.65. The van der Waals surface area contributed by atoms with Gasteiger partial charge in [0, 0.05) is 23.6 Å². The van der Waals surface area contributed by atoms with Crippen LogP contribution in [0.1, 0.15) is 11.3 Å². The quantitative estimate of drug-likeness (QED) is 0.359. The smallest absolute Gasteiger partial charge is 0.344 e. The van der Waals surface area contributed by atoms with E-state index >= 15 is 0 Å². The average Bonchev–Trinajstić information content (AvgIpc) is 3.35. The van der Waals surface area contributed by atoms with Crippen LogP contribution in [0.2, 0.25) is 0 Å². The Bertz CT molecular complexity index is 1180. The Labute approximate surface area is 163 Å². The van der Waals surface area contributed by atoms with Gasteiger partial charge in [0.25, 0.3) is 0 Å². The van der Waals surface area contributed by atoms with Crippen molar-refractivity contribution in [3.8, 4) is 16.4 Å². The van der Waals surface area contributed by atoms with Gasteiger partial charge in [-0.25, -0.2) is 9.59 Å². The Morgan fingerprint density at radius 2 is 2.11 bits per heavy atom. The van der Waals surface area contributed by atoms with Crippen molar-refractivity contribution in [2.45, 2.75) is 13.5 Å². The van der Waals surface area contributed by atoms with Crippen LogP contribution in [0.3, 0.4) is 0 Å². The molecular formula is C20H15NO6S. The lowest BCUT2D eigenvalue weighted by Gasteiger charge is -2.07. The van der Waals surface area contributed by atoms with Gasteiger partial charge in [0.15, 0.2) is 12.4 Å².